The third kappa shape index (κ3) is 3.24. The first-order valence-electron chi connectivity index (χ1n) is 7.28. The Morgan fingerprint density at radius 3 is 2.60 bits per heavy atom. The minimum Gasteiger partial charge on any atom is -0.497 e. The molecule has 0 aliphatic rings. The molecule has 2 heterocycles. The predicted molar refractivity (Wildman–Crippen MR) is 107 cm³/mol. The number of methoxy groups -OCH3 is 2. The number of nitrogens with two attached hydrogens (primary N) is 1. The Bertz CT molecular complexity index is 904. The van der Waals surface area contributed by atoms with Crippen LogP contribution >= 0.6 is 34.4 Å². The summed E-state index contributed by atoms with van der Waals surface area (Å²) in [6.07, 6.45) is 3.77. The summed E-state index contributed by atoms with van der Waals surface area (Å²) in [4.78, 5) is 5.17. The molecule has 1 aromatic carbocycles. The average molecular weight is 392 g/mol. The third-order valence-electron chi connectivity index (χ3n) is 3.63. The van der Waals surface area contributed by atoms with Crippen molar-refractivity contribution in [3.05, 3.63) is 34.7 Å². The maximum absolute atomic E-state index is 8.00. The minimum absolute atomic E-state index is 0.0404. The maximum atomic E-state index is 8.00. The first-order chi connectivity index (χ1) is 12.1. The van der Waals surface area contributed by atoms with Gasteiger partial charge in [-0.1, -0.05) is 0 Å². The molecule has 3 rings (SSSR count). The number of rotatable bonds is 6. The fourth-order valence-electron chi connectivity index (χ4n) is 2.55. The van der Waals surface area contributed by atoms with E-state index in [4.69, 9.17) is 20.6 Å². The van der Waals surface area contributed by atoms with Gasteiger partial charge in [0.2, 0.25) is 0 Å². The average Bonchev–Trinajstić information content (AvgIpc) is 3.27. The lowest BCUT2D eigenvalue weighted by molar-refractivity contribution is 0.404. The Balaban J connectivity index is 2.38. The lowest BCUT2D eigenvalue weighted by atomic mass is 10.0. The number of aromatic nitrogens is 1. The van der Waals surface area contributed by atoms with Gasteiger partial charge < -0.3 is 15.2 Å². The van der Waals surface area contributed by atoms with Crippen LogP contribution in [-0.4, -0.2) is 31.3 Å². The predicted octanol–water partition coefficient (Wildman–Crippen LogP) is 4.56. The number of thioether (sulfide) groups is 1. The van der Waals surface area contributed by atoms with Gasteiger partial charge in [-0.15, -0.1) is 34.4 Å². The highest BCUT2D eigenvalue weighted by Gasteiger charge is 2.26. The number of thiophene rings is 1. The summed E-state index contributed by atoms with van der Waals surface area (Å²) < 4.78 is 12.0. The lowest BCUT2D eigenvalue weighted by Crippen LogP contribution is -2.10. The van der Waals surface area contributed by atoms with Crippen molar-refractivity contribution in [2.75, 3.05) is 20.5 Å². The zero-order chi connectivity index (χ0) is 18.0. The van der Waals surface area contributed by atoms with E-state index in [9.17, 15) is 0 Å². The van der Waals surface area contributed by atoms with Crippen LogP contribution in [0.1, 0.15) is 4.88 Å². The van der Waals surface area contributed by atoms with Crippen molar-refractivity contribution in [3.63, 3.8) is 0 Å². The van der Waals surface area contributed by atoms with Gasteiger partial charge in [-0.25, -0.2) is 4.98 Å². The highest BCUT2D eigenvalue weighted by Crippen LogP contribution is 2.50. The van der Waals surface area contributed by atoms with E-state index in [0.29, 0.717) is 0 Å². The van der Waals surface area contributed by atoms with E-state index >= 15 is 0 Å². The standard InChI is InChI=1S/C17H17N3O2S3/c1-21-9-4-5-11(22-2)10(8-9)12-13(16-20-6-7-24-16)14(15(18)19)25-17(12)23-3/h4-8H,1-3H3,(H3,18,19). The second-order valence-electron chi connectivity index (χ2n) is 4.99. The van der Waals surface area contributed by atoms with Crippen LogP contribution in [0, 0.1) is 5.41 Å². The van der Waals surface area contributed by atoms with Gasteiger partial charge in [-0.2, -0.15) is 0 Å². The maximum Gasteiger partial charge on any atom is 0.133 e. The van der Waals surface area contributed by atoms with Crippen molar-refractivity contribution in [3.8, 4) is 33.2 Å². The number of nitrogens with one attached hydrogen (secondary N) is 1. The number of nitrogens with zero attached hydrogens (tertiary/aromatic N) is 1. The molecule has 8 heteroatoms. The topological polar surface area (TPSA) is 81.2 Å². The van der Waals surface area contributed by atoms with Gasteiger partial charge in [-0.3, -0.25) is 5.41 Å². The number of amidine groups is 1. The first-order valence-corrected chi connectivity index (χ1v) is 10.2. The van der Waals surface area contributed by atoms with Crippen LogP contribution in [0.3, 0.4) is 0 Å². The van der Waals surface area contributed by atoms with Crippen molar-refractivity contribution in [1.29, 1.82) is 5.41 Å². The van der Waals surface area contributed by atoms with E-state index in [1.165, 1.54) is 22.7 Å². The third-order valence-corrected chi connectivity index (χ3v) is 6.76. The molecule has 0 saturated heterocycles. The number of ether oxygens (including phenoxy) is 2. The van der Waals surface area contributed by atoms with E-state index in [0.717, 1.165) is 42.3 Å². The van der Waals surface area contributed by atoms with Crippen LogP contribution in [0.4, 0.5) is 0 Å². The molecule has 0 aliphatic carbocycles. The summed E-state index contributed by atoms with van der Waals surface area (Å²) in [5.41, 5.74) is 8.63. The highest BCUT2D eigenvalue weighted by molar-refractivity contribution is 8.00. The van der Waals surface area contributed by atoms with E-state index in [2.05, 4.69) is 4.98 Å². The molecule has 0 fully saturated rings. The molecule has 5 nitrogen and oxygen atoms in total. The molecule has 2 aromatic heterocycles. The number of hydrogen-bond acceptors (Lipinski definition) is 7. The van der Waals surface area contributed by atoms with Gasteiger partial charge in [-0.05, 0) is 24.5 Å². The van der Waals surface area contributed by atoms with E-state index < -0.39 is 0 Å². The molecule has 130 valence electrons. The normalized spacial score (nSPS) is 10.7. The molecule has 0 unspecified atom stereocenters. The summed E-state index contributed by atoms with van der Waals surface area (Å²) in [5, 5.41) is 10.8. The summed E-state index contributed by atoms with van der Waals surface area (Å²) in [5.74, 6) is 1.52. The molecule has 0 atom stereocenters. The highest BCUT2D eigenvalue weighted by atomic mass is 32.2. The fraction of sp³-hybridized carbons (Fsp3) is 0.176. The van der Waals surface area contributed by atoms with Gasteiger partial charge in [0.05, 0.1) is 23.3 Å². The molecule has 0 radical (unpaired) electrons. The van der Waals surface area contributed by atoms with Crippen molar-refractivity contribution in [1.82, 2.24) is 4.98 Å². The van der Waals surface area contributed by atoms with Crippen molar-refractivity contribution < 1.29 is 9.47 Å². The van der Waals surface area contributed by atoms with Crippen molar-refractivity contribution >= 4 is 40.3 Å². The number of nitrogen functional groups attached to an aromatic ring is 1. The lowest BCUT2D eigenvalue weighted by Gasteiger charge is -2.13. The Morgan fingerprint density at radius 1 is 1.24 bits per heavy atom. The molecule has 0 bridgehead atoms. The van der Waals surface area contributed by atoms with Crippen LogP contribution in [0.15, 0.2) is 34.0 Å². The number of thiazole rings is 1. The number of hydrogen-bond donors (Lipinski definition) is 2. The van der Waals surface area contributed by atoms with Crippen LogP contribution in [0.25, 0.3) is 21.7 Å². The molecule has 0 spiro atoms. The monoisotopic (exact) mass is 391 g/mol. The minimum atomic E-state index is 0.0404. The van der Waals surface area contributed by atoms with E-state index in [-0.39, 0.29) is 5.84 Å². The number of benzene rings is 1. The van der Waals surface area contributed by atoms with E-state index in [1.54, 1.807) is 32.2 Å². The zero-order valence-corrected chi connectivity index (χ0v) is 16.4. The summed E-state index contributed by atoms with van der Waals surface area (Å²) in [6, 6.07) is 5.69. The largest absolute Gasteiger partial charge is 0.497 e. The van der Waals surface area contributed by atoms with Crippen molar-refractivity contribution in [2.24, 2.45) is 5.73 Å². The van der Waals surface area contributed by atoms with Crippen LogP contribution < -0.4 is 15.2 Å². The van der Waals surface area contributed by atoms with Crippen LogP contribution in [-0.2, 0) is 0 Å². The van der Waals surface area contributed by atoms with Crippen LogP contribution in [0.5, 0.6) is 11.5 Å². The van der Waals surface area contributed by atoms with Gasteiger partial charge in [0.15, 0.2) is 0 Å². The van der Waals surface area contributed by atoms with Crippen LogP contribution in [0.2, 0.25) is 0 Å². The Morgan fingerprint density at radius 2 is 2.04 bits per heavy atom. The molecular weight excluding hydrogens is 374 g/mol. The van der Waals surface area contributed by atoms with E-state index in [1.807, 2.05) is 29.8 Å². The SMILES string of the molecule is COc1ccc(OC)c(-c2c(SC)sc(C(=N)N)c2-c2nccs2)c1. The quantitative estimate of drug-likeness (QED) is 0.366. The zero-order valence-electron chi connectivity index (χ0n) is 14.0. The Labute approximate surface area is 158 Å². The van der Waals surface area contributed by atoms with Crippen molar-refractivity contribution in [2.45, 2.75) is 4.21 Å². The second kappa shape index (κ2) is 7.47. The Kier molecular flexibility index (Phi) is 5.31. The summed E-state index contributed by atoms with van der Waals surface area (Å²) in [6.45, 7) is 0. The fourth-order valence-corrected chi connectivity index (χ4v) is 5.22. The Hall–Kier alpha value is -2.03. The smallest absolute Gasteiger partial charge is 0.133 e. The molecule has 0 amide bonds. The van der Waals surface area contributed by atoms with Gasteiger partial charge >= 0.3 is 0 Å². The van der Waals surface area contributed by atoms with Gasteiger partial charge in [0.1, 0.15) is 22.3 Å². The van der Waals surface area contributed by atoms with Gasteiger partial charge in [0.25, 0.3) is 0 Å². The summed E-state index contributed by atoms with van der Waals surface area (Å²) in [7, 11) is 3.28. The molecular formula is C17H17N3O2S3. The van der Waals surface area contributed by atoms with Gasteiger partial charge in [0, 0.05) is 28.3 Å². The molecule has 3 N–H and O–H groups in total. The molecule has 3 aromatic rings. The molecule has 25 heavy (non-hydrogen) atoms. The summed E-state index contributed by atoms with van der Waals surface area (Å²) >= 11 is 4.65. The first kappa shape index (κ1) is 17.8. The molecule has 0 aliphatic heterocycles. The molecule has 0 saturated carbocycles. The second-order valence-corrected chi connectivity index (χ2v) is 7.98.